The van der Waals surface area contributed by atoms with Crippen molar-refractivity contribution in [1.29, 1.82) is 0 Å². The third-order valence-corrected chi connectivity index (χ3v) is 3.79. The summed E-state index contributed by atoms with van der Waals surface area (Å²) in [6.45, 7) is 4.17. The normalized spacial score (nSPS) is 12.3. The van der Waals surface area contributed by atoms with Gasteiger partial charge in [-0.2, -0.15) is 0 Å². The molecule has 0 radical (unpaired) electrons. The highest BCUT2D eigenvalue weighted by Crippen LogP contribution is 2.30. The lowest BCUT2D eigenvalue weighted by molar-refractivity contribution is 0.877. The summed E-state index contributed by atoms with van der Waals surface area (Å²) >= 11 is 0. The largest absolute Gasteiger partial charge is 0.398 e. The second-order valence-electron chi connectivity index (χ2n) is 5.34. The first kappa shape index (κ1) is 13.4. The summed E-state index contributed by atoms with van der Waals surface area (Å²) in [6, 6.07) is 16.5. The molecule has 0 spiro atoms. The van der Waals surface area contributed by atoms with Crippen LogP contribution in [0.2, 0.25) is 0 Å². The molecule has 106 valence electrons. The number of rotatable bonds is 3. The van der Waals surface area contributed by atoms with Gasteiger partial charge in [0, 0.05) is 28.7 Å². The molecule has 3 rings (SSSR count). The van der Waals surface area contributed by atoms with E-state index in [2.05, 4.69) is 35.4 Å². The molecule has 1 atom stereocenters. The summed E-state index contributed by atoms with van der Waals surface area (Å²) in [7, 11) is 0. The number of nitrogens with one attached hydrogen (secondary N) is 1. The highest BCUT2D eigenvalue weighted by Gasteiger charge is 2.11. The molecule has 1 heterocycles. The molecule has 3 heteroatoms. The molecule has 1 unspecified atom stereocenters. The van der Waals surface area contributed by atoms with Crippen LogP contribution < -0.4 is 11.1 Å². The molecule has 21 heavy (non-hydrogen) atoms. The number of pyridine rings is 1. The molecule has 0 aliphatic heterocycles. The first-order valence-electron chi connectivity index (χ1n) is 7.12. The first-order chi connectivity index (χ1) is 10.2. The molecule has 1 aromatic heterocycles. The smallest absolute Gasteiger partial charge is 0.134 e. The van der Waals surface area contributed by atoms with Crippen molar-refractivity contribution < 1.29 is 0 Å². The molecule has 3 nitrogen and oxygen atoms in total. The van der Waals surface area contributed by atoms with Crippen molar-refractivity contribution in [3.8, 4) is 0 Å². The van der Waals surface area contributed by atoms with Gasteiger partial charge in [-0.25, -0.2) is 4.98 Å². The second kappa shape index (κ2) is 5.44. The van der Waals surface area contributed by atoms with Gasteiger partial charge in [-0.05, 0) is 31.0 Å². The van der Waals surface area contributed by atoms with Crippen LogP contribution in [0.5, 0.6) is 0 Å². The molecule has 0 saturated heterocycles. The minimum Gasteiger partial charge on any atom is -0.398 e. The maximum absolute atomic E-state index is 6.11. The van der Waals surface area contributed by atoms with E-state index in [0.717, 1.165) is 27.8 Å². The summed E-state index contributed by atoms with van der Waals surface area (Å²) < 4.78 is 0. The van der Waals surface area contributed by atoms with Gasteiger partial charge < -0.3 is 11.1 Å². The van der Waals surface area contributed by atoms with Gasteiger partial charge in [-0.3, -0.25) is 0 Å². The second-order valence-corrected chi connectivity index (χ2v) is 5.34. The van der Waals surface area contributed by atoms with Gasteiger partial charge in [0.25, 0.3) is 0 Å². The summed E-state index contributed by atoms with van der Waals surface area (Å²) in [6.07, 6.45) is 1.87. The molecule has 3 aromatic rings. The van der Waals surface area contributed by atoms with E-state index in [1.807, 2.05) is 43.5 Å². The van der Waals surface area contributed by atoms with Crippen LogP contribution in [0.25, 0.3) is 10.8 Å². The Hall–Kier alpha value is -2.55. The molecule has 3 N–H and O–H groups in total. The van der Waals surface area contributed by atoms with Crippen LogP contribution >= 0.6 is 0 Å². The van der Waals surface area contributed by atoms with Crippen molar-refractivity contribution in [1.82, 2.24) is 4.98 Å². The number of nitrogens with two attached hydrogens (primary N) is 1. The zero-order chi connectivity index (χ0) is 14.8. The van der Waals surface area contributed by atoms with E-state index < -0.39 is 0 Å². The number of hydrogen-bond donors (Lipinski definition) is 2. The van der Waals surface area contributed by atoms with Gasteiger partial charge in [0.05, 0.1) is 0 Å². The van der Waals surface area contributed by atoms with E-state index in [1.54, 1.807) is 0 Å². The van der Waals surface area contributed by atoms with Crippen LogP contribution in [0, 0.1) is 6.92 Å². The maximum Gasteiger partial charge on any atom is 0.134 e. The summed E-state index contributed by atoms with van der Waals surface area (Å²) in [5.41, 5.74) is 9.24. The van der Waals surface area contributed by atoms with Crippen molar-refractivity contribution in [2.45, 2.75) is 19.9 Å². The average Bonchev–Trinajstić information content (AvgIpc) is 2.51. The summed E-state index contributed by atoms with van der Waals surface area (Å²) in [4.78, 5) is 4.55. The molecular formula is C18H19N3. The van der Waals surface area contributed by atoms with Gasteiger partial charge in [-0.1, -0.05) is 42.5 Å². The topological polar surface area (TPSA) is 50.9 Å². The van der Waals surface area contributed by atoms with Crippen molar-refractivity contribution in [3.63, 3.8) is 0 Å². The lowest BCUT2D eigenvalue weighted by Crippen LogP contribution is -2.08. The van der Waals surface area contributed by atoms with Crippen LogP contribution in [0.4, 0.5) is 11.5 Å². The predicted molar refractivity (Wildman–Crippen MR) is 89.4 cm³/mol. The Kier molecular flexibility index (Phi) is 3.48. The molecule has 0 bridgehead atoms. The fraction of sp³-hybridized carbons (Fsp3) is 0.167. The van der Waals surface area contributed by atoms with Gasteiger partial charge in [-0.15, -0.1) is 0 Å². The van der Waals surface area contributed by atoms with E-state index >= 15 is 0 Å². The van der Waals surface area contributed by atoms with Crippen LogP contribution in [0.15, 0.2) is 54.7 Å². The fourth-order valence-corrected chi connectivity index (χ4v) is 2.65. The van der Waals surface area contributed by atoms with Crippen molar-refractivity contribution >= 4 is 22.3 Å². The Balaban J connectivity index is 2.02. The number of fused-ring (bicyclic) bond motifs is 1. The Labute approximate surface area is 124 Å². The Morgan fingerprint density at radius 3 is 2.57 bits per heavy atom. The lowest BCUT2D eigenvalue weighted by atomic mass is 10.0. The molecular weight excluding hydrogens is 258 g/mol. The Morgan fingerprint density at radius 2 is 1.81 bits per heavy atom. The lowest BCUT2D eigenvalue weighted by Gasteiger charge is -2.17. The Morgan fingerprint density at radius 1 is 1.05 bits per heavy atom. The molecule has 0 aliphatic carbocycles. The van der Waals surface area contributed by atoms with Crippen LogP contribution in [-0.2, 0) is 0 Å². The number of anilines is 2. The van der Waals surface area contributed by atoms with Gasteiger partial charge >= 0.3 is 0 Å². The van der Waals surface area contributed by atoms with Crippen molar-refractivity contribution in [2.75, 3.05) is 11.1 Å². The number of benzene rings is 2. The first-order valence-corrected chi connectivity index (χ1v) is 7.12. The monoisotopic (exact) mass is 277 g/mol. The summed E-state index contributed by atoms with van der Waals surface area (Å²) in [5.74, 6) is 0.874. The average molecular weight is 277 g/mol. The van der Waals surface area contributed by atoms with Crippen molar-refractivity contribution in [3.05, 3.63) is 65.9 Å². The molecule has 0 fully saturated rings. The zero-order valence-electron chi connectivity index (χ0n) is 12.3. The summed E-state index contributed by atoms with van der Waals surface area (Å²) in [5, 5.41) is 5.64. The minimum absolute atomic E-state index is 0.186. The number of nitrogens with zero attached hydrogens (tertiary/aromatic N) is 1. The predicted octanol–water partition coefficient (Wildman–Crippen LogP) is 4.30. The molecule has 0 saturated carbocycles. The van der Waals surface area contributed by atoms with Gasteiger partial charge in [0.1, 0.15) is 5.82 Å². The highest BCUT2D eigenvalue weighted by atomic mass is 15.0. The number of aryl methyl sites for hydroxylation is 1. The number of nitrogen functional groups attached to an aromatic ring is 1. The van der Waals surface area contributed by atoms with Gasteiger partial charge in [0.2, 0.25) is 0 Å². The number of aromatic nitrogens is 1. The van der Waals surface area contributed by atoms with E-state index in [0.29, 0.717) is 0 Å². The van der Waals surface area contributed by atoms with E-state index in [9.17, 15) is 0 Å². The standard InChI is InChI=1S/C18H19N3/c1-12-11-20-18(15-9-6-10-16(19)17(12)15)21-13(2)14-7-4-3-5-8-14/h3-11,13H,19H2,1-2H3,(H,20,21). The quantitative estimate of drug-likeness (QED) is 0.702. The Bertz CT molecular complexity index is 758. The third kappa shape index (κ3) is 2.55. The highest BCUT2D eigenvalue weighted by molar-refractivity contribution is 6.01. The maximum atomic E-state index is 6.11. The van der Waals surface area contributed by atoms with Crippen molar-refractivity contribution in [2.24, 2.45) is 0 Å². The van der Waals surface area contributed by atoms with Gasteiger partial charge in [0.15, 0.2) is 0 Å². The van der Waals surface area contributed by atoms with E-state index in [4.69, 9.17) is 5.73 Å². The van der Waals surface area contributed by atoms with E-state index in [-0.39, 0.29) is 6.04 Å². The number of hydrogen-bond acceptors (Lipinski definition) is 3. The molecule has 2 aromatic carbocycles. The third-order valence-electron chi connectivity index (χ3n) is 3.79. The van der Waals surface area contributed by atoms with Crippen LogP contribution in [0.3, 0.4) is 0 Å². The van der Waals surface area contributed by atoms with Crippen LogP contribution in [0.1, 0.15) is 24.1 Å². The minimum atomic E-state index is 0.186. The molecule has 0 aliphatic rings. The zero-order valence-corrected chi connectivity index (χ0v) is 12.3. The fourth-order valence-electron chi connectivity index (χ4n) is 2.65. The molecule has 0 amide bonds. The van der Waals surface area contributed by atoms with E-state index in [1.165, 1.54) is 5.56 Å². The van der Waals surface area contributed by atoms with Crippen LogP contribution in [-0.4, -0.2) is 4.98 Å². The SMILES string of the molecule is Cc1cnc(NC(C)c2ccccc2)c2cccc(N)c12.